The molecule has 1 aromatic carbocycles. The van der Waals surface area contributed by atoms with Crippen LogP contribution >= 0.6 is 0 Å². The number of amides is 1. The first-order valence-corrected chi connectivity index (χ1v) is 7.49. The minimum atomic E-state index is 0.0623. The molecule has 0 spiro atoms. The van der Waals surface area contributed by atoms with Gasteiger partial charge in [-0.2, -0.15) is 0 Å². The van der Waals surface area contributed by atoms with Crippen LogP contribution in [0.3, 0.4) is 0 Å². The average Bonchev–Trinajstić information content (AvgIpc) is 3.12. The van der Waals surface area contributed by atoms with Gasteiger partial charge in [-0.1, -0.05) is 13.8 Å². The quantitative estimate of drug-likeness (QED) is 0.629. The summed E-state index contributed by atoms with van der Waals surface area (Å²) in [5.41, 5.74) is 2.67. The summed E-state index contributed by atoms with van der Waals surface area (Å²) in [5, 5.41) is 0. The Bertz CT molecular complexity index is 718. The molecule has 5 nitrogen and oxygen atoms in total. The largest absolute Gasteiger partial charge is 0.327 e. The van der Waals surface area contributed by atoms with Gasteiger partial charge in [0, 0.05) is 36.1 Å². The fourth-order valence-corrected chi connectivity index (χ4v) is 2.91. The summed E-state index contributed by atoms with van der Waals surface area (Å²) in [7, 11) is 0. The Kier molecular flexibility index (Phi) is 3.79. The Hall–Kier alpha value is -2.43. The van der Waals surface area contributed by atoms with Gasteiger partial charge < -0.3 is 9.47 Å². The van der Waals surface area contributed by atoms with Crippen LogP contribution in [-0.4, -0.2) is 28.3 Å². The van der Waals surface area contributed by atoms with Crippen molar-refractivity contribution in [1.82, 2.24) is 9.55 Å². The van der Waals surface area contributed by atoms with Crippen molar-refractivity contribution >= 4 is 17.9 Å². The molecule has 0 N–H and O–H groups in total. The number of hydrogen-bond donors (Lipinski definition) is 0. The number of nitrogens with zero attached hydrogens (tertiary/aromatic N) is 3. The van der Waals surface area contributed by atoms with E-state index in [0.29, 0.717) is 18.7 Å². The molecule has 5 heteroatoms. The van der Waals surface area contributed by atoms with Crippen molar-refractivity contribution in [3.8, 4) is 0 Å². The highest BCUT2D eigenvalue weighted by Gasteiger charge is 2.20. The Morgan fingerprint density at radius 1 is 1.41 bits per heavy atom. The predicted octanol–water partition coefficient (Wildman–Crippen LogP) is 2.41. The molecule has 3 rings (SSSR count). The van der Waals surface area contributed by atoms with Gasteiger partial charge in [0.15, 0.2) is 5.78 Å². The van der Waals surface area contributed by atoms with Crippen LogP contribution in [0.2, 0.25) is 0 Å². The van der Waals surface area contributed by atoms with Crippen molar-refractivity contribution in [2.75, 3.05) is 11.4 Å². The van der Waals surface area contributed by atoms with Gasteiger partial charge in [-0.3, -0.25) is 9.59 Å². The Balaban J connectivity index is 1.81. The number of carbonyl (C=O) groups excluding carboxylic acids is 2. The molecule has 1 amide bonds. The third kappa shape index (κ3) is 2.54. The van der Waals surface area contributed by atoms with Crippen molar-refractivity contribution in [1.29, 1.82) is 0 Å². The van der Waals surface area contributed by atoms with Crippen LogP contribution in [0.15, 0.2) is 30.6 Å². The number of fused-ring (bicyclic) bond motifs is 1. The highest BCUT2D eigenvalue weighted by atomic mass is 16.1. The molecule has 0 saturated heterocycles. The smallest absolute Gasteiger partial charge is 0.214 e. The van der Waals surface area contributed by atoms with Gasteiger partial charge in [-0.05, 0) is 30.2 Å². The molecule has 22 heavy (non-hydrogen) atoms. The Labute approximate surface area is 129 Å². The van der Waals surface area contributed by atoms with Crippen LogP contribution in [0.1, 0.15) is 41.5 Å². The molecule has 1 aliphatic rings. The first-order chi connectivity index (χ1) is 10.6. The highest BCUT2D eigenvalue weighted by molar-refractivity contribution is 5.97. The van der Waals surface area contributed by atoms with E-state index in [2.05, 4.69) is 18.8 Å². The summed E-state index contributed by atoms with van der Waals surface area (Å²) in [6, 6.07) is 5.57. The standard InChI is InChI=1S/C17H19N3O2/c1-12(2)17-18-6-8-19(17)10-16(22)14-3-4-15-13(9-14)5-7-20(15)11-21/h3-4,6,8-9,11-12H,5,7,10H2,1-2H3. The van der Waals surface area contributed by atoms with Crippen LogP contribution in [0.4, 0.5) is 5.69 Å². The van der Waals surface area contributed by atoms with Crippen LogP contribution in [0.5, 0.6) is 0 Å². The minimum absolute atomic E-state index is 0.0623. The number of hydrogen-bond acceptors (Lipinski definition) is 3. The molecule has 0 bridgehead atoms. The number of anilines is 1. The monoisotopic (exact) mass is 297 g/mol. The van der Waals surface area contributed by atoms with Crippen molar-refractivity contribution in [3.63, 3.8) is 0 Å². The van der Waals surface area contributed by atoms with Crippen LogP contribution in [-0.2, 0) is 17.8 Å². The molecule has 1 aromatic heterocycles. The van der Waals surface area contributed by atoms with Crippen LogP contribution < -0.4 is 4.90 Å². The number of imidazole rings is 1. The summed E-state index contributed by atoms with van der Waals surface area (Å²) in [5.74, 6) is 1.26. The fourth-order valence-electron chi connectivity index (χ4n) is 2.91. The fraction of sp³-hybridized carbons (Fsp3) is 0.353. The number of Topliss-reactive ketones (excluding diaryl/α,β-unsaturated/α-hetero) is 1. The highest BCUT2D eigenvalue weighted by Crippen LogP contribution is 2.28. The maximum atomic E-state index is 12.5. The molecule has 114 valence electrons. The molecular weight excluding hydrogens is 278 g/mol. The van der Waals surface area contributed by atoms with Crippen LogP contribution in [0.25, 0.3) is 0 Å². The molecule has 0 aliphatic carbocycles. The lowest BCUT2D eigenvalue weighted by atomic mass is 10.0. The molecule has 0 atom stereocenters. The van der Waals surface area contributed by atoms with Crippen molar-refractivity contribution < 1.29 is 9.59 Å². The van der Waals surface area contributed by atoms with Gasteiger partial charge in [-0.25, -0.2) is 4.98 Å². The van der Waals surface area contributed by atoms with E-state index in [4.69, 9.17) is 0 Å². The minimum Gasteiger partial charge on any atom is -0.327 e. The van der Waals surface area contributed by atoms with E-state index in [9.17, 15) is 9.59 Å². The zero-order chi connectivity index (χ0) is 15.7. The van der Waals surface area contributed by atoms with Crippen molar-refractivity contribution in [2.24, 2.45) is 0 Å². The molecule has 1 aliphatic heterocycles. The molecule has 2 aromatic rings. The van der Waals surface area contributed by atoms with E-state index in [1.54, 1.807) is 17.2 Å². The lowest BCUT2D eigenvalue weighted by molar-refractivity contribution is -0.107. The lowest BCUT2D eigenvalue weighted by Crippen LogP contribution is -2.17. The van der Waals surface area contributed by atoms with E-state index in [0.717, 1.165) is 29.9 Å². The topological polar surface area (TPSA) is 55.2 Å². The van der Waals surface area contributed by atoms with Gasteiger partial charge in [0.1, 0.15) is 5.82 Å². The summed E-state index contributed by atoms with van der Waals surface area (Å²) >= 11 is 0. The first kappa shape index (κ1) is 14.5. The first-order valence-electron chi connectivity index (χ1n) is 7.49. The average molecular weight is 297 g/mol. The maximum absolute atomic E-state index is 12.5. The maximum Gasteiger partial charge on any atom is 0.214 e. The molecule has 0 radical (unpaired) electrons. The van der Waals surface area contributed by atoms with E-state index >= 15 is 0 Å². The second-order valence-corrected chi connectivity index (χ2v) is 5.88. The summed E-state index contributed by atoms with van der Waals surface area (Å²) in [4.78, 5) is 29.4. The predicted molar refractivity (Wildman–Crippen MR) is 84.2 cm³/mol. The van der Waals surface area contributed by atoms with E-state index in [1.807, 2.05) is 22.9 Å². The molecule has 0 fully saturated rings. The van der Waals surface area contributed by atoms with Gasteiger partial charge in [0.2, 0.25) is 6.41 Å². The summed E-state index contributed by atoms with van der Waals surface area (Å²) in [6.45, 7) is 5.11. The van der Waals surface area contributed by atoms with E-state index in [1.165, 1.54) is 0 Å². The second kappa shape index (κ2) is 5.75. The van der Waals surface area contributed by atoms with Crippen molar-refractivity contribution in [2.45, 2.75) is 32.7 Å². The number of carbonyl (C=O) groups is 2. The van der Waals surface area contributed by atoms with Gasteiger partial charge in [-0.15, -0.1) is 0 Å². The van der Waals surface area contributed by atoms with Gasteiger partial charge >= 0.3 is 0 Å². The van der Waals surface area contributed by atoms with Gasteiger partial charge in [0.05, 0.1) is 6.54 Å². The Morgan fingerprint density at radius 3 is 2.95 bits per heavy atom. The summed E-state index contributed by atoms with van der Waals surface area (Å²) < 4.78 is 1.90. The number of rotatable bonds is 5. The van der Waals surface area contributed by atoms with Crippen molar-refractivity contribution in [3.05, 3.63) is 47.5 Å². The lowest BCUT2D eigenvalue weighted by Gasteiger charge is -2.12. The molecule has 2 heterocycles. The molecular formula is C17H19N3O2. The summed E-state index contributed by atoms with van der Waals surface area (Å²) in [6.07, 6.45) is 5.22. The molecule has 0 saturated carbocycles. The normalized spacial score (nSPS) is 13.5. The number of ketones is 1. The van der Waals surface area contributed by atoms with E-state index in [-0.39, 0.29) is 11.7 Å². The number of aromatic nitrogens is 2. The second-order valence-electron chi connectivity index (χ2n) is 5.88. The SMILES string of the molecule is CC(C)c1nccn1CC(=O)c1ccc2c(c1)CCN2C=O. The third-order valence-corrected chi connectivity index (χ3v) is 4.04. The van der Waals surface area contributed by atoms with Gasteiger partial charge in [0.25, 0.3) is 0 Å². The van der Waals surface area contributed by atoms with E-state index < -0.39 is 0 Å². The molecule has 0 unspecified atom stereocenters. The third-order valence-electron chi connectivity index (χ3n) is 4.04. The number of benzene rings is 1. The van der Waals surface area contributed by atoms with Crippen LogP contribution in [0, 0.1) is 0 Å². The Morgan fingerprint density at radius 2 is 2.23 bits per heavy atom. The zero-order valence-electron chi connectivity index (χ0n) is 12.8. The zero-order valence-corrected chi connectivity index (χ0v) is 12.8.